The fourth-order valence-corrected chi connectivity index (χ4v) is 2.88. The van der Waals surface area contributed by atoms with Gasteiger partial charge in [-0.2, -0.15) is 0 Å². The van der Waals surface area contributed by atoms with Crippen LogP contribution < -0.4 is 0 Å². The van der Waals surface area contributed by atoms with Crippen molar-refractivity contribution in [1.29, 1.82) is 0 Å². The van der Waals surface area contributed by atoms with Gasteiger partial charge >= 0.3 is 0 Å². The van der Waals surface area contributed by atoms with Crippen molar-refractivity contribution in [3.05, 3.63) is 34.6 Å². The first-order valence-electron chi connectivity index (χ1n) is 10.7. The van der Waals surface area contributed by atoms with Crippen molar-refractivity contribution in [1.82, 2.24) is 0 Å². The molecule has 0 aliphatic rings. The summed E-state index contributed by atoms with van der Waals surface area (Å²) in [6, 6.07) is 0. The van der Waals surface area contributed by atoms with Crippen molar-refractivity contribution in [2.45, 2.75) is 71.1 Å². The summed E-state index contributed by atoms with van der Waals surface area (Å²) < 4.78 is 76.7. The van der Waals surface area contributed by atoms with Crippen LogP contribution in [0.1, 0.15) is 76.7 Å². The lowest BCUT2D eigenvalue weighted by molar-refractivity contribution is 0.0512. The number of hydrogen-bond acceptors (Lipinski definition) is 2. The molecule has 0 amide bonds. The maximum Gasteiger partial charge on any atom is 0.200 e. The van der Waals surface area contributed by atoms with Gasteiger partial charge in [0.05, 0.1) is 13.2 Å². The van der Waals surface area contributed by atoms with Gasteiger partial charge in [0.25, 0.3) is 0 Å². The maximum atomic E-state index is 13.5. The second-order valence-electron chi connectivity index (χ2n) is 6.99. The van der Waals surface area contributed by atoms with E-state index in [2.05, 4.69) is 11.8 Å². The molecule has 1 aromatic carbocycles. The normalized spacial score (nSPS) is 10.9. The molecule has 0 atom stereocenters. The van der Waals surface area contributed by atoms with E-state index in [0.717, 1.165) is 58.2 Å². The van der Waals surface area contributed by atoms with Crippen molar-refractivity contribution in [3.8, 4) is 11.8 Å². The van der Waals surface area contributed by atoms with Crippen LogP contribution in [-0.2, 0) is 9.47 Å². The molecular weight excluding hydrogens is 403 g/mol. The summed E-state index contributed by atoms with van der Waals surface area (Å²) in [7, 11) is 0. The molecule has 0 aliphatic heterocycles. The predicted octanol–water partition coefficient (Wildman–Crippen LogP) is 6.69. The standard InChI is InChI=1S/C23H31F5O2/c1-2-29-16-17-30-15-13-11-9-7-5-3-4-6-8-10-12-14-18-19(24)21(26)23(28)22(27)20(18)25/h2-11,13,15-17H2,1H3. The van der Waals surface area contributed by atoms with E-state index in [1.807, 2.05) is 6.92 Å². The Bertz CT molecular complexity index is 653. The second kappa shape index (κ2) is 16.1. The van der Waals surface area contributed by atoms with Crippen LogP contribution in [0, 0.1) is 40.9 Å². The molecule has 0 spiro atoms. The third-order valence-electron chi connectivity index (χ3n) is 4.59. The average molecular weight is 434 g/mol. The summed E-state index contributed by atoms with van der Waals surface area (Å²) in [5, 5.41) is 0. The predicted molar refractivity (Wildman–Crippen MR) is 107 cm³/mol. The zero-order valence-electron chi connectivity index (χ0n) is 17.6. The van der Waals surface area contributed by atoms with Crippen LogP contribution in [-0.4, -0.2) is 26.4 Å². The van der Waals surface area contributed by atoms with Crippen molar-refractivity contribution < 1.29 is 31.4 Å². The number of halogens is 5. The van der Waals surface area contributed by atoms with E-state index >= 15 is 0 Å². The van der Waals surface area contributed by atoms with Gasteiger partial charge in [-0.15, -0.1) is 0 Å². The SMILES string of the molecule is CCOCCOCCCCCCCCCCCC#Cc1c(F)c(F)c(F)c(F)c1F. The van der Waals surface area contributed by atoms with Crippen molar-refractivity contribution in [3.63, 3.8) is 0 Å². The highest BCUT2D eigenvalue weighted by Crippen LogP contribution is 2.22. The van der Waals surface area contributed by atoms with Crippen LogP contribution in [0.25, 0.3) is 0 Å². The van der Waals surface area contributed by atoms with Gasteiger partial charge in [-0.05, 0) is 19.8 Å². The van der Waals surface area contributed by atoms with E-state index < -0.39 is 34.6 Å². The van der Waals surface area contributed by atoms with Crippen molar-refractivity contribution in [2.75, 3.05) is 26.4 Å². The lowest BCUT2D eigenvalue weighted by Gasteiger charge is -2.04. The van der Waals surface area contributed by atoms with E-state index in [0.29, 0.717) is 19.6 Å². The van der Waals surface area contributed by atoms with Gasteiger partial charge in [-0.1, -0.05) is 56.8 Å². The Morgan fingerprint density at radius 1 is 0.567 bits per heavy atom. The van der Waals surface area contributed by atoms with Crippen LogP contribution in [0.15, 0.2) is 0 Å². The molecule has 0 saturated heterocycles. The molecule has 0 saturated carbocycles. The second-order valence-corrected chi connectivity index (χ2v) is 6.99. The van der Waals surface area contributed by atoms with Gasteiger partial charge in [0.15, 0.2) is 23.3 Å². The molecule has 30 heavy (non-hydrogen) atoms. The Morgan fingerprint density at radius 2 is 1.03 bits per heavy atom. The van der Waals surface area contributed by atoms with Gasteiger partial charge in [-0.3, -0.25) is 0 Å². The minimum atomic E-state index is -2.17. The van der Waals surface area contributed by atoms with E-state index in [1.165, 1.54) is 12.8 Å². The zero-order valence-corrected chi connectivity index (χ0v) is 17.6. The third kappa shape index (κ3) is 9.90. The first-order chi connectivity index (χ1) is 14.5. The Morgan fingerprint density at radius 3 is 1.60 bits per heavy atom. The molecule has 0 aliphatic carbocycles. The van der Waals surface area contributed by atoms with Crippen LogP contribution >= 0.6 is 0 Å². The molecule has 0 unspecified atom stereocenters. The first kappa shape index (κ1) is 26.4. The largest absolute Gasteiger partial charge is 0.379 e. The molecule has 1 rings (SSSR count). The van der Waals surface area contributed by atoms with Crippen LogP contribution in [0.5, 0.6) is 0 Å². The lowest BCUT2D eigenvalue weighted by Crippen LogP contribution is -2.04. The minimum Gasteiger partial charge on any atom is -0.379 e. The summed E-state index contributed by atoms with van der Waals surface area (Å²) >= 11 is 0. The van der Waals surface area contributed by atoms with Gasteiger partial charge in [-0.25, -0.2) is 22.0 Å². The summed E-state index contributed by atoms with van der Waals surface area (Å²) in [5.41, 5.74) is -1.06. The monoisotopic (exact) mass is 434 g/mol. The molecule has 2 nitrogen and oxygen atoms in total. The lowest BCUT2D eigenvalue weighted by atomic mass is 10.1. The molecule has 170 valence electrons. The summed E-state index contributed by atoms with van der Waals surface area (Å²) in [6.45, 7) is 4.76. The smallest absolute Gasteiger partial charge is 0.200 e. The molecule has 0 N–H and O–H groups in total. The molecule has 1 aromatic rings. The Kier molecular flexibility index (Phi) is 14.2. The van der Waals surface area contributed by atoms with Gasteiger partial charge < -0.3 is 9.47 Å². The highest BCUT2D eigenvalue weighted by molar-refractivity contribution is 5.38. The van der Waals surface area contributed by atoms with Crippen LogP contribution in [0.3, 0.4) is 0 Å². The number of hydrogen-bond donors (Lipinski definition) is 0. The Hall–Kier alpha value is -1.65. The molecule has 0 radical (unpaired) electrons. The molecular formula is C23H31F5O2. The summed E-state index contributed by atoms with van der Waals surface area (Å²) in [4.78, 5) is 0. The number of unbranched alkanes of at least 4 members (excludes halogenated alkanes) is 9. The topological polar surface area (TPSA) is 18.5 Å². The van der Waals surface area contributed by atoms with Crippen LogP contribution in [0.4, 0.5) is 22.0 Å². The average Bonchev–Trinajstić information content (AvgIpc) is 2.75. The molecule has 0 bridgehead atoms. The highest BCUT2D eigenvalue weighted by Gasteiger charge is 2.24. The fraction of sp³-hybridized carbons (Fsp3) is 0.652. The van der Waals surface area contributed by atoms with Crippen LogP contribution in [0.2, 0.25) is 0 Å². The van der Waals surface area contributed by atoms with Gasteiger partial charge in [0.1, 0.15) is 5.56 Å². The molecule has 0 heterocycles. The van der Waals surface area contributed by atoms with E-state index in [-0.39, 0.29) is 0 Å². The Labute approximate surface area is 176 Å². The Balaban J connectivity index is 2.04. The first-order valence-corrected chi connectivity index (χ1v) is 10.7. The number of benzene rings is 1. The molecule has 7 heteroatoms. The summed E-state index contributed by atoms with van der Waals surface area (Å²) in [6.07, 6.45) is 9.86. The maximum absolute atomic E-state index is 13.5. The van der Waals surface area contributed by atoms with E-state index in [1.54, 1.807) is 0 Å². The van der Waals surface area contributed by atoms with E-state index in [4.69, 9.17) is 9.47 Å². The highest BCUT2D eigenvalue weighted by atomic mass is 19.2. The quantitative estimate of drug-likeness (QED) is 0.101. The van der Waals surface area contributed by atoms with E-state index in [9.17, 15) is 22.0 Å². The van der Waals surface area contributed by atoms with Gasteiger partial charge in [0, 0.05) is 19.6 Å². The molecule has 0 fully saturated rings. The number of rotatable bonds is 15. The van der Waals surface area contributed by atoms with Crippen molar-refractivity contribution >= 4 is 0 Å². The summed E-state index contributed by atoms with van der Waals surface area (Å²) in [5.74, 6) is -5.28. The number of ether oxygens (including phenoxy) is 2. The minimum absolute atomic E-state index is 0.350. The third-order valence-corrected chi connectivity index (χ3v) is 4.59. The van der Waals surface area contributed by atoms with Crippen molar-refractivity contribution in [2.24, 2.45) is 0 Å². The fourth-order valence-electron chi connectivity index (χ4n) is 2.88. The zero-order chi connectivity index (χ0) is 22.2. The molecule has 0 aromatic heterocycles. The van der Waals surface area contributed by atoms with Gasteiger partial charge in [0.2, 0.25) is 5.82 Å².